The lowest BCUT2D eigenvalue weighted by atomic mass is 9.94. The average Bonchev–Trinajstić information content (AvgIpc) is 3.16. The van der Waals surface area contributed by atoms with Crippen LogP contribution in [-0.2, 0) is 9.59 Å². The number of Topliss-reactive ketones (excluding diaryl/α,β-unsaturated/α-hetero) is 1. The zero-order valence-electron chi connectivity index (χ0n) is 22.3. The first-order chi connectivity index (χ1) is 17.9. The van der Waals surface area contributed by atoms with Gasteiger partial charge < -0.3 is 24.4 Å². The highest BCUT2D eigenvalue weighted by Gasteiger charge is 2.46. The number of ether oxygens (including phenoxy) is 2. The normalized spacial score (nSPS) is 16.9. The summed E-state index contributed by atoms with van der Waals surface area (Å²) in [4.78, 5) is 30.4. The molecule has 1 saturated heterocycles. The van der Waals surface area contributed by atoms with Gasteiger partial charge in [0.1, 0.15) is 23.9 Å². The SMILES string of the molecule is C=CCOc1ccc(C2C(=C(O)c3ccc(OCCC)cc3C)C(=O)C(=O)N2CCN(CC)CC)cc1. The van der Waals surface area contributed by atoms with Crippen LogP contribution >= 0.6 is 0 Å². The summed E-state index contributed by atoms with van der Waals surface area (Å²) in [5.74, 6) is -0.115. The molecule has 0 aliphatic carbocycles. The van der Waals surface area contributed by atoms with E-state index in [9.17, 15) is 14.7 Å². The van der Waals surface area contributed by atoms with Crippen LogP contribution in [0.2, 0.25) is 0 Å². The second-order valence-corrected chi connectivity index (χ2v) is 9.01. The van der Waals surface area contributed by atoms with Crippen LogP contribution in [0.3, 0.4) is 0 Å². The molecule has 7 nitrogen and oxygen atoms in total. The number of likely N-dealkylation sites (tertiary alicyclic amines) is 1. The number of carbonyl (C=O) groups is 2. The van der Waals surface area contributed by atoms with Crippen LogP contribution in [0.1, 0.15) is 49.9 Å². The van der Waals surface area contributed by atoms with E-state index < -0.39 is 17.7 Å². The molecular weight excluding hydrogens is 468 g/mol. The first-order valence-electron chi connectivity index (χ1n) is 12.9. The second kappa shape index (κ2) is 13.1. The highest BCUT2D eigenvalue weighted by Crippen LogP contribution is 2.40. The van der Waals surface area contributed by atoms with Gasteiger partial charge in [-0.3, -0.25) is 9.59 Å². The summed E-state index contributed by atoms with van der Waals surface area (Å²) in [6.07, 6.45) is 2.55. The molecule has 0 saturated carbocycles. The zero-order valence-corrected chi connectivity index (χ0v) is 22.3. The topological polar surface area (TPSA) is 79.3 Å². The highest BCUT2D eigenvalue weighted by atomic mass is 16.5. The zero-order chi connectivity index (χ0) is 26.9. The summed E-state index contributed by atoms with van der Waals surface area (Å²) in [5.41, 5.74) is 2.08. The monoisotopic (exact) mass is 506 g/mol. The van der Waals surface area contributed by atoms with Gasteiger partial charge in [-0.05, 0) is 67.9 Å². The Morgan fingerprint density at radius 2 is 1.73 bits per heavy atom. The Bertz CT molecular complexity index is 1140. The first kappa shape index (κ1) is 28.0. The van der Waals surface area contributed by atoms with Crippen molar-refractivity contribution in [2.75, 3.05) is 39.4 Å². The van der Waals surface area contributed by atoms with Crippen molar-refractivity contribution in [1.29, 1.82) is 0 Å². The van der Waals surface area contributed by atoms with Gasteiger partial charge in [0, 0.05) is 18.7 Å². The lowest BCUT2D eigenvalue weighted by molar-refractivity contribution is -0.140. The van der Waals surface area contributed by atoms with E-state index in [-0.39, 0.29) is 11.3 Å². The number of likely N-dealkylation sites (N-methyl/N-ethyl adjacent to an activating group) is 1. The molecular formula is C30H38N2O5. The molecule has 0 bridgehead atoms. The quantitative estimate of drug-likeness (QED) is 0.176. The van der Waals surface area contributed by atoms with Crippen LogP contribution in [0, 0.1) is 6.92 Å². The van der Waals surface area contributed by atoms with Crippen LogP contribution in [0.5, 0.6) is 11.5 Å². The molecule has 1 fully saturated rings. The summed E-state index contributed by atoms with van der Waals surface area (Å²) in [7, 11) is 0. The van der Waals surface area contributed by atoms with Crippen molar-refractivity contribution >= 4 is 17.4 Å². The number of carbonyl (C=O) groups excluding carboxylic acids is 2. The van der Waals surface area contributed by atoms with E-state index in [1.54, 1.807) is 35.2 Å². The van der Waals surface area contributed by atoms with Crippen molar-refractivity contribution in [1.82, 2.24) is 9.80 Å². The van der Waals surface area contributed by atoms with E-state index in [4.69, 9.17) is 9.47 Å². The van der Waals surface area contributed by atoms with E-state index in [1.165, 1.54) is 0 Å². The summed E-state index contributed by atoms with van der Waals surface area (Å²) >= 11 is 0. The van der Waals surface area contributed by atoms with Gasteiger partial charge in [0.05, 0.1) is 18.2 Å². The fourth-order valence-electron chi connectivity index (χ4n) is 4.50. The number of hydrogen-bond acceptors (Lipinski definition) is 6. The number of ketones is 1. The molecule has 1 atom stereocenters. The van der Waals surface area contributed by atoms with E-state index in [2.05, 4.69) is 25.3 Å². The molecule has 1 aliphatic heterocycles. The van der Waals surface area contributed by atoms with Gasteiger partial charge in [-0.15, -0.1) is 0 Å². The summed E-state index contributed by atoms with van der Waals surface area (Å²) < 4.78 is 11.3. The Kier molecular flexibility index (Phi) is 9.92. The summed E-state index contributed by atoms with van der Waals surface area (Å²) in [6, 6.07) is 11.9. The summed E-state index contributed by atoms with van der Waals surface area (Å²) in [6.45, 7) is 15.3. The largest absolute Gasteiger partial charge is 0.507 e. The van der Waals surface area contributed by atoms with Crippen molar-refractivity contribution in [2.24, 2.45) is 0 Å². The molecule has 0 aromatic heterocycles. The molecule has 1 amide bonds. The standard InChI is InChI=1S/C30H38N2O5/c1-6-18-36-23-12-10-22(11-13-23)27-26(29(34)30(35)32(27)17-16-31(8-3)9-4)28(33)25-15-14-24(20-21(25)5)37-19-7-2/h6,10-15,20,27,33H,1,7-9,16-19H2,2-5H3. The minimum Gasteiger partial charge on any atom is -0.507 e. The van der Waals surface area contributed by atoms with E-state index in [0.29, 0.717) is 43.4 Å². The Morgan fingerprint density at radius 3 is 2.32 bits per heavy atom. The van der Waals surface area contributed by atoms with Crippen molar-refractivity contribution in [3.8, 4) is 11.5 Å². The van der Waals surface area contributed by atoms with Gasteiger partial charge in [-0.2, -0.15) is 0 Å². The fourth-order valence-corrected chi connectivity index (χ4v) is 4.50. The third-order valence-electron chi connectivity index (χ3n) is 6.58. The number of amides is 1. The predicted molar refractivity (Wildman–Crippen MR) is 146 cm³/mol. The third kappa shape index (κ3) is 6.41. The smallest absolute Gasteiger partial charge is 0.295 e. The lowest BCUT2D eigenvalue weighted by Crippen LogP contribution is -2.38. The number of hydrogen-bond donors (Lipinski definition) is 1. The molecule has 0 spiro atoms. The molecule has 7 heteroatoms. The molecule has 0 radical (unpaired) electrons. The Hall–Kier alpha value is -3.58. The molecule has 1 N–H and O–H groups in total. The van der Waals surface area contributed by atoms with E-state index in [1.807, 2.05) is 32.0 Å². The third-order valence-corrected chi connectivity index (χ3v) is 6.58. The maximum absolute atomic E-state index is 13.3. The van der Waals surface area contributed by atoms with Gasteiger partial charge in [0.15, 0.2) is 0 Å². The summed E-state index contributed by atoms with van der Waals surface area (Å²) in [5, 5.41) is 11.4. The fraction of sp³-hybridized carbons (Fsp3) is 0.400. The Morgan fingerprint density at radius 1 is 1.05 bits per heavy atom. The molecule has 37 heavy (non-hydrogen) atoms. The van der Waals surface area contributed by atoms with Gasteiger partial charge in [0.2, 0.25) is 0 Å². The molecule has 1 aliphatic rings. The molecule has 3 rings (SSSR count). The Balaban J connectivity index is 2.06. The van der Waals surface area contributed by atoms with Gasteiger partial charge in [-0.1, -0.05) is 45.6 Å². The van der Waals surface area contributed by atoms with Gasteiger partial charge in [0.25, 0.3) is 11.7 Å². The minimum absolute atomic E-state index is 0.0923. The average molecular weight is 507 g/mol. The van der Waals surface area contributed by atoms with Crippen LogP contribution in [-0.4, -0.2) is 66.0 Å². The molecule has 2 aromatic rings. The number of aryl methyl sites for hydroxylation is 1. The van der Waals surface area contributed by atoms with Crippen molar-refractivity contribution in [3.63, 3.8) is 0 Å². The second-order valence-electron chi connectivity index (χ2n) is 9.01. The number of nitrogens with zero attached hydrogens (tertiary/aromatic N) is 2. The molecule has 1 heterocycles. The van der Waals surface area contributed by atoms with E-state index >= 15 is 0 Å². The molecule has 1 unspecified atom stereocenters. The number of rotatable bonds is 13. The number of benzene rings is 2. The van der Waals surface area contributed by atoms with Crippen molar-refractivity contribution in [3.05, 3.63) is 77.4 Å². The van der Waals surface area contributed by atoms with Crippen LogP contribution in [0.25, 0.3) is 5.76 Å². The minimum atomic E-state index is -0.709. The number of aliphatic hydroxyl groups is 1. The van der Waals surface area contributed by atoms with Crippen LogP contribution in [0.15, 0.2) is 60.7 Å². The Labute approximate surface area is 220 Å². The van der Waals surface area contributed by atoms with Crippen LogP contribution < -0.4 is 9.47 Å². The number of aliphatic hydroxyl groups excluding tert-OH is 1. The lowest BCUT2D eigenvalue weighted by Gasteiger charge is -2.28. The van der Waals surface area contributed by atoms with Crippen LogP contribution in [0.4, 0.5) is 0 Å². The predicted octanol–water partition coefficient (Wildman–Crippen LogP) is 5.11. The molecule has 2 aromatic carbocycles. The van der Waals surface area contributed by atoms with Crippen molar-refractivity contribution in [2.45, 2.75) is 40.2 Å². The first-order valence-corrected chi connectivity index (χ1v) is 12.9. The maximum atomic E-state index is 13.3. The van der Waals surface area contributed by atoms with E-state index in [0.717, 1.165) is 30.6 Å². The van der Waals surface area contributed by atoms with Gasteiger partial charge >= 0.3 is 0 Å². The maximum Gasteiger partial charge on any atom is 0.295 e. The van der Waals surface area contributed by atoms with Gasteiger partial charge in [-0.25, -0.2) is 0 Å². The van der Waals surface area contributed by atoms with Crippen molar-refractivity contribution < 1.29 is 24.2 Å². The molecule has 198 valence electrons. The highest BCUT2D eigenvalue weighted by molar-refractivity contribution is 6.46.